The fourth-order valence-electron chi connectivity index (χ4n) is 5.03. The molecule has 0 amide bonds. The SMILES string of the molecule is OC(Cn1cc(CN2CCC3(CC2)OCCc2cc(C(F)(F)F)sc23)cn1)CC1(O)COC1. The highest BCUT2D eigenvalue weighted by molar-refractivity contribution is 7.12. The molecule has 0 bridgehead atoms. The van der Waals surface area contributed by atoms with Crippen LogP contribution < -0.4 is 0 Å². The molecule has 0 saturated carbocycles. The Balaban J connectivity index is 1.17. The molecule has 3 aliphatic rings. The van der Waals surface area contributed by atoms with Gasteiger partial charge in [-0.1, -0.05) is 0 Å². The van der Waals surface area contributed by atoms with Gasteiger partial charge in [-0.05, 0) is 30.9 Å². The van der Waals surface area contributed by atoms with Crippen molar-refractivity contribution < 1.29 is 32.9 Å². The van der Waals surface area contributed by atoms with Gasteiger partial charge in [0.2, 0.25) is 0 Å². The number of halogens is 3. The smallest absolute Gasteiger partial charge is 0.391 e. The molecule has 0 aromatic carbocycles. The lowest BCUT2D eigenvalue weighted by molar-refractivity contribution is -0.192. The number of piperidine rings is 1. The molecule has 33 heavy (non-hydrogen) atoms. The molecule has 11 heteroatoms. The minimum absolute atomic E-state index is 0.247. The number of alkyl halides is 3. The van der Waals surface area contributed by atoms with Gasteiger partial charge >= 0.3 is 6.18 Å². The number of aliphatic hydroxyl groups excluding tert-OH is 1. The van der Waals surface area contributed by atoms with Crippen LogP contribution in [0.2, 0.25) is 0 Å². The Hall–Kier alpha value is -1.50. The van der Waals surface area contributed by atoms with Gasteiger partial charge in [0.05, 0.1) is 38.7 Å². The summed E-state index contributed by atoms with van der Waals surface area (Å²) in [7, 11) is 0. The molecular weight excluding hydrogens is 459 g/mol. The van der Waals surface area contributed by atoms with Crippen molar-refractivity contribution in [2.75, 3.05) is 32.9 Å². The summed E-state index contributed by atoms with van der Waals surface area (Å²) in [6, 6.07) is 1.30. The van der Waals surface area contributed by atoms with Gasteiger partial charge in [-0.15, -0.1) is 11.3 Å². The maximum absolute atomic E-state index is 13.2. The number of rotatable bonds is 6. The Kier molecular flexibility index (Phi) is 6.07. The summed E-state index contributed by atoms with van der Waals surface area (Å²) in [5.74, 6) is 0. The summed E-state index contributed by atoms with van der Waals surface area (Å²) in [6.45, 7) is 3.37. The van der Waals surface area contributed by atoms with Crippen LogP contribution in [0.4, 0.5) is 13.2 Å². The molecule has 2 saturated heterocycles. The largest absolute Gasteiger partial charge is 0.425 e. The maximum Gasteiger partial charge on any atom is 0.425 e. The molecule has 7 nitrogen and oxygen atoms in total. The first-order valence-electron chi connectivity index (χ1n) is 11.2. The van der Waals surface area contributed by atoms with Crippen LogP contribution >= 0.6 is 11.3 Å². The van der Waals surface area contributed by atoms with Crippen molar-refractivity contribution in [1.82, 2.24) is 14.7 Å². The van der Waals surface area contributed by atoms with Crippen molar-refractivity contribution in [3.8, 4) is 0 Å². The topological polar surface area (TPSA) is 80.0 Å². The lowest BCUT2D eigenvalue weighted by atomic mass is 9.85. The summed E-state index contributed by atoms with van der Waals surface area (Å²) < 4.78 is 52.5. The van der Waals surface area contributed by atoms with Gasteiger partial charge in [0.25, 0.3) is 0 Å². The average Bonchev–Trinajstić information content (AvgIpc) is 3.36. The molecule has 0 radical (unpaired) electrons. The highest BCUT2D eigenvalue weighted by Crippen LogP contribution is 2.48. The summed E-state index contributed by atoms with van der Waals surface area (Å²) in [5.41, 5.74) is 0.233. The van der Waals surface area contributed by atoms with Gasteiger partial charge < -0.3 is 19.7 Å². The first kappa shape index (κ1) is 23.3. The first-order chi connectivity index (χ1) is 15.6. The van der Waals surface area contributed by atoms with E-state index in [1.165, 1.54) is 6.07 Å². The third-order valence-corrected chi connectivity index (χ3v) is 8.17. The number of hydrogen-bond acceptors (Lipinski definition) is 7. The fourth-order valence-corrected chi connectivity index (χ4v) is 6.30. The third-order valence-electron chi connectivity index (χ3n) is 6.76. The highest BCUT2D eigenvalue weighted by Gasteiger charge is 2.45. The van der Waals surface area contributed by atoms with Crippen LogP contribution in [0.15, 0.2) is 18.5 Å². The number of aromatic nitrogens is 2. The van der Waals surface area contributed by atoms with E-state index >= 15 is 0 Å². The lowest BCUT2D eigenvalue weighted by Gasteiger charge is -2.43. The van der Waals surface area contributed by atoms with Crippen molar-refractivity contribution in [1.29, 1.82) is 0 Å². The molecule has 2 fully saturated rings. The van der Waals surface area contributed by atoms with Gasteiger partial charge in [-0.3, -0.25) is 9.58 Å². The summed E-state index contributed by atoms with van der Waals surface area (Å²) in [6.07, 6.45) is 0.713. The number of ether oxygens (including phenoxy) is 2. The molecule has 2 aromatic rings. The second kappa shape index (κ2) is 8.62. The molecule has 5 rings (SSSR count). The molecule has 2 N–H and O–H groups in total. The molecule has 2 aromatic heterocycles. The summed E-state index contributed by atoms with van der Waals surface area (Å²) >= 11 is 0.840. The van der Waals surface area contributed by atoms with E-state index in [0.29, 0.717) is 39.0 Å². The molecular formula is C22H28F3N3O4S. The molecule has 1 atom stereocenters. The third kappa shape index (κ3) is 4.85. The Morgan fingerprint density at radius 1 is 1.24 bits per heavy atom. The Morgan fingerprint density at radius 3 is 2.67 bits per heavy atom. The standard InChI is InChI=1S/C22H28F3N3O4S/c23-22(24,25)18-7-16-1-6-32-21(19(16)33-18)2-4-27(5-3-21)10-15-9-26-28(11-15)12-17(29)8-20(30)13-31-14-20/h7,9,11,17,29-30H,1-6,8,10,12-14H2. The monoisotopic (exact) mass is 487 g/mol. The number of thiophene rings is 1. The van der Waals surface area contributed by atoms with E-state index in [-0.39, 0.29) is 19.6 Å². The molecule has 3 aliphatic heterocycles. The first-order valence-corrected chi connectivity index (χ1v) is 12.0. The van der Waals surface area contributed by atoms with Crippen LogP contribution in [0, 0.1) is 0 Å². The van der Waals surface area contributed by atoms with Crippen LogP contribution in [0.5, 0.6) is 0 Å². The minimum Gasteiger partial charge on any atom is -0.391 e. The molecule has 1 spiro atoms. The number of hydrogen-bond donors (Lipinski definition) is 2. The van der Waals surface area contributed by atoms with Crippen molar-refractivity contribution in [2.45, 2.75) is 62.3 Å². The second-order valence-corrected chi connectivity index (χ2v) is 10.5. The van der Waals surface area contributed by atoms with Crippen LogP contribution in [0.1, 0.15) is 40.1 Å². The Bertz CT molecular complexity index is 980. The zero-order valence-electron chi connectivity index (χ0n) is 18.2. The summed E-state index contributed by atoms with van der Waals surface area (Å²) in [4.78, 5) is 2.47. The van der Waals surface area contributed by atoms with E-state index in [4.69, 9.17) is 9.47 Å². The van der Waals surface area contributed by atoms with E-state index in [9.17, 15) is 23.4 Å². The second-order valence-electron chi connectivity index (χ2n) is 9.48. The Morgan fingerprint density at radius 2 is 2.00 bits per heavy atom. The maximum atomic E-state index is 13.2. The van der Waals surface area contributed by atoms with Crippen molar-refractivity contribution in [3.05, 3.63) is 39.3 Å². The predicted molar refractivity (Wildman–Crippen MR) is 114 cm³/mol. The lowest BCUT2D eigenvalue weighted by Crippen LogP contribution is -2.52. The van der Waals surface area contributed by atoms with Crippen LogP contribution in [-0.2, 0) is 40.8 Å². The Labute approximate surface area is 193 Å². The number of likely N-dealkylation sites (tertiary alicyclic amines) is 1. The van der Waals surface area contributed by atoms with E-state index in [2.05, 4.69) is 10.00 Å². The van der Waals surface area contributed by atoms with Gasteiger partial charge in [0.15, 0.2) is 0 Å². The van der Waals surface area contributed by atoms with E-state index in [0.717, 1.165) is 40.4 Å². The molecule has 1 unspecified atom stereocenters. The molecule has 182 valence electrons. The molecule has 5 heterocycles. The van der Waals surface area contributed by atoms with Crippen LogP contribution in [-0.4, -0.2) is 69.5 Å². The normalized spacial score (nSPS) is 23.3. The number of fused-ring (bicyclic) bond motifs is 2. The molecule has 0 aliphatic carbocycles. The average molecular weight is 488 g/mol. The predicted octanol–water partition coefficient (Wildman–Crippen LogP) is 2.54. The van der Waals surface area contributed by atoms with Crippen molar-refractivity contribution in [2.24, 2.45) is 0 Å². The van der Waals surface area contributed by atoms with Crippen molar-refractivity contribution >= 4 is 11.3 Å². The number of aliphatic hydroxyl groups is 2. The van der Waals surface area contributed by atoms with Gasteiger partial charge in [0, 0.05) is 42.7 Å². The van der Waals surface area contributed by atoms with Gasteiger partial charge in [-0.2, -0.15) is 18.3 Å². The zero-order valence-corrected chi connectivity index (χ0v) is 19.0. The van der Waals surface area contributed by atoms with Crippen LogP contribution in [0.3, 0.4) is 0 Å². The highest BCUT2D eigenvalue weighted by atomic mass is 32.1. The number of nitrogens with zero attached hydrogens (tertiary/aromatic N) is 3. The minimum atomic E-state index is -4.32. The van der Waals surface area contributed by atoms with Gasteiger partial charge in [0.1, 0.15) is 16.1 Å². The quantitative estimate of drug-likeness (QED) is 0.652. The zero-order chi connectivity index (χ0) is 23.3. The van der Waals surface area contributed by atoms with Gasteiger partial charge in [-0.25, -0.2) is 0 Å². The van der Waals surface area contributed by atoms with Crippen LogP contribution in [0.25, 0.3) is 0 Å². The van der Waals surface area contributed by atoms with E-state index in [1.54, 1.807) is 10.9 Å². The fraction of sp³-hybridized carbons (Fsp3) is 0.682. The summed E-state index contributed by atoms with van der Waals surface area (Å²) in [5, 5.41) is 24.7. The van der Waals surface area contributed by atoms with E-state index < -0.39 is 28.4 Å². The van der Waals surface area contributed by atoms with E-state index in [1.807, 2.05) is 6.20 Å². The van der Waals surface area contributed by atoms with Crippen molar-refractivity contribution in [3.63, 3.8) is 0 Å².